The second kappa shape index (κ2) is 7.56. The van der Waals surface area contributed by atoms with Gasteiger partial charge in [0.2, 0.25) is 5.82 Å². The number of anilines is 1. The Labute approximate surface area is 100 Å². The van der Waals surface area contributed by atoms with Gasteiger partial charge in [0, 0.05) is 25.4 Å². The van der Waals surface area contributed by atoms with Gasteiger partial charge in [-0.25, -0.2) is 4.98 Å². The number of rotatable bonds is 8. The maximum atomic E-state index is 10.7. The van der Waals surface area contributed by atoms with E-state index in [9.17, 15) is 10.1 Å². The van der Waals surface area contributed by atoms with Crippen LogP contribution in [-0.4, -0.2) is 29.7 Å². The number of ether oxygens (including phenoxy) is 1. The monoisotopic (exact) mass is 239 g/mol. The Kier molecular flexibility index (Phi) is 5.95. The molecule has 94 valence electrons. The van der Waals surface area contributed by atoms with Crippen LogP contribution in [0.25, 0.3) is 0 Å². The number of hydrogen-bond acceptors (Lipinski definition) is 5. The fraction of sp³-hybridized carbons (Fsp3) is 0.545. The highest BCUT2D eigenvalue weighted by molar-refractivity contribution is 5.54. The molecule has 0 radical (unpaired) electrons. The van der Waals surface area contributed by atoms with E-state index < -0.39 is 4.92 Å². The number of hydrogen-bond donors (Lipinski definition) is 1. The van der Waals surface area contributed by atoms with Crippen molar-refractivity contribution in [2.24, 2.45) is 0 Å². The van der Waals surface area contributed by atoms with Gasteiger partial charge in [-0.3, -0.25) is 10.1 Å². The first-order valence-corrected chi connectivity index (χ1v) is 5.66. The van der Waals surface area contributed by atoms with Crippen molar-refractivity contribution in [2.45, 2.75) is 19.8 Å². The van der Waals surface area contributed by atoms with Crippen LogP contribution in [0.15, 0.2) is 18.3 Å². The zero-order valence-electron chi connectivity index (χ0n) is 9.89. The average molecular weight is 239 g/mol. The van der Waals surface area contributed by atoms with Crippen molar-refractivity contribution in [1.82, 2.24) is 4.98 Å². The highest BCUT2D eigenvalue weighted by Crippen LogP contribution is 2.19. The molecule has 0 aliphatic carbocycles. The van der Waals surface area contributed by atoms with E-state index in [4.69, 9.17) is 4.74 Å². The molecule has 1 N–H and O–H groups in total. The molecule has 0 bridgehead atoms. The van der Waals surface area contributed by atoms with Gasteiger partial charge in [0.05, 0.1) is 11.5 Å². The summed E-state index contributed by atoms with van der Waals surface area (Å²) in [6.45, 7) is 3.86. The van der Waals surface area contributed by atoms with Crippen LogP contribution in [-0.2, 0) is 4.74 Å². The van der Waals surface area contributed by atoms with Gasteiger partial charge >= 0.3 is 5.69 Å². The molecule has 0 atom stereocenters. The van der Waals surface area contributed by atoms with Crippen molar-refractivity contribution in [3.05, 3.63) is 28.4 Å². The van der Waals surface area contributed by atoms with E-state index in [1.165, 1.54) is 12.3 Å². The molecule has 6 nitrogen and oxygen atoms in total. The second-order valence-corrected chi connectivity index (χ2v) is 3.52. The van der Waals surface area contributed by atoms with Gasteiger partial charge in [-0.2, -0.15) is 0 Å². The summed E-state index contributed by atoms with van der Waals surface area (Å²) in [6, 6.07) is 2.97. The normalized spacial score (nSPS) is 10.2. The summed E-state index contributed by atoms with van der Waals surface area (Å²) in [4.78, 5) is 14.2. The van der Waals surface area contributed by atoms with E-state index in [-0.39, 0.29) is 11.5 Å². The van der Waals surface area contributed by atoms with Gasteiger partial charge in [-0.05, 0) is 12.5 Å². The summed E-state index contributed by atoms with van der Waals surface area (Å²) in [5.74, 6) is 0.289. The standard InChI is InChI=1S/C11H17N3O3/c1-2-3-8-17-9-7-13-11-10(14(15)16)5-4-6-12-11/h4-6H,2-3,7-9H2,1H3,(H,12,13). The van der Waals surface area contributed by atoms with Gasteiger partial charge in [-0.15, -0.1) is 0 Å². The topological polar surface area (TPSA) is 77.3 Å². The quantitative estimate of drug-likeness (QED) is 0.427. The van der Waals surface area contributed by atoms with Crippen molar-refractivity contribution in [3.8, 4) is 0 Å². The van der Waals surface area contributed by atoms with Gasteiger partial charge in [-0.1, -0.05) is 13.3 Å². The number of nitrogens with zero attached hydrogens (tertiary/aromatic N) is 2. The number of unbranched alkanes of at least 4 members (excludes halogenated alkanes) is 1. The van der Waals surface area contributed by atoms with Crippen molar-refractivity contribution in [1.29, 1.82) is 0 Å². The van der Waals surface area contributed by atoms with E-state index in [1.54, 1.807) is 6.07 Å². The largest absolute Gasteiger partial charge is 0.380 e. The fourth-order valence-corrected chi connectivity index (χ4v) is 1.27. The third kappa shape index (κ3) is 4.78. The van der Waals surface area contributed by atoms with Gasteiger partial charge in [0.1, 0.15) is 0 Å². The first-order chi connectivity index (χ1) is 8.25. The van der Waals surface area contributed by atoms with Crippen molar-refractivity contribution < 1.29 is 9.66 Å². The first kappa shape index (κ1) is 13.4. The number of pyridine rings is 1. The second-order valence-electron chi connectivity index (χ2n) is 3.52. The zero-order chi connectivity index (χ0) is 12.5. The van der Waals surface area contributed by atoms with Crippen LogP contribution in [0, 0.1) is 10.1 Å². The zero-order valence-corrected chi connectivity index (χ0v) is 9.89. The Morgan fingerprint density at radius 1 is 1.53 bits per heavy atom. The van der Waals surface area contributed by atoms with E-state index >= 15 is 0 Å². The highest BCUT2D eigenvalue weighted by atomic mass is 16.6. The summed E-state index contributed by atoms with van der Waals surface area (Å²) < 4.78 is 5.34. The van der Waals surface area contributed by atoms with Crippen molar-refractivity contribution in [2.75, 3.05) is 25.1 Å². The van der Waals surface area contributed by atoms with Gasteiger partial charge < -0.3 is 10.1 Å². The average Bonchev–Trinajstić information content (AvgIpc) is 2.34. The Balaban J connectivity index is 2.34. The van der Waals surface area contributed by atoms with Crippen LogP contribution in [0.3, 0.4) is 0 Å². The minimum absolute atomic E-state index is 0.0129. The molecule has 0 amide bonds. The summed E-state index contributed by atoms with van der Waals surface area (Å²) >= 11 is 0. The molecule has 0 saturated heterocycles. The number of aromatic nitrogens is 1. The Hall–Kier alpha value is -1.69. The fourth-order valence-electron chi connectivity index (χ4n) is 1.27. The smallest absolute Gasteiger partial charge is 0.311 e. The molecule has 17 heavy (non-hydrogen) atoms. The first-order valence-electron chi connectivity index (χ1n) is 5.66. The van der Waals surface area contributed by atoms with Crippen LogP contribution < -0.4 is 5.32 Å². The van der Waals surface area contributed by atoms with Crippen molar-refractivity contribution >= 4 is 11.5 Å². The maximum absolute atomic E-state index is 10.7. The number of nitro groups is 1. The summed E-state index contributed by atoms with van der Waals surface area (Å²) in [6.07, 6.45) is 3.65. The van der Waals surface area contributed by atoms with Crippen LogP contribution in [0.4, 0.5) is 11.5 Å². The Morgan fingerprint density at radius 2 is 2.35 bits per heavy atom. The van der Waals surface area contributed by atoms with E-state index in [0.29, 0.717) is 13.2 Å². The molecule has 0 aliphatic heterocycles. The molecule has 1 heterocycles. The van der Waals surface area contributed by atoms with Crippen LogP contribution >= 0.6 is 0 Å². The molecule has 6 heteroatoms. The molecule has 0 fully saturated rings. The molecular weight excluding hydrogens is 222 g/mol. The lowest BCUT2D eigenvalue weighted by molar-refractivity contribution is -0.384. The molecular formula is C11H17N3O3. The maximum Gasteiger partial charge on any atom is 0.311 e. The molecule has 1 aromatic heterocycles. The minimum Gasteiger partial charge on any atom is -0.380 e. The van der Waals surface area contributed by atoms with Crippen molar-refractivity contribution in [3.63, 3.8) is 0 Å². The Morgan fingerprint density at radius 3 is 3.06 bits per heavy atom. The molecule has 0 unspecified atom stereocenters. The third-order valence-electron chi connectivity index (χ3n) is 2.16. The summed E-state index contributed by atoms with van der Waals surface area (Å²) in [7, 11) is 0. The van der Waals surface area contributed by atoms with Gasteiger partial charge in [0.15, 0.2) is 0 Å². The summed E-state index contributed by atoms with van der Waals surface area (Å²) in [5, 5.41) is 13.6. The third-order valence-corrected chi connectivity index (χ3v) is 2.16. The highest BCUT2D eigenvalue weighted by Gasteiger charge is 2.12. The van der Waals surface area contributed by atoms with E-state index in [0.717, 1.165) is 19.4 Å². The SMILES string of the molecule is CCCCOCCNc1ncccc1[N+](=O)[O-]. The molecule has 1 aromatic rings. The molecule has 0 spiro atoms. The lowest BCUT2D eigenvalue weighted by Gasteiger charge is -2.06. The lowest BCUT2D eigenvalue weighted by atomic mass is 10.4. The molecule has 1 rings (SSSR count). The molecule has 0 saturated carbocycles. The van der Waals surface area contributed by atoms with E-state index in [1.807, 2.05) is 0 Å². The minimum atomic E-state index is -0.451. The molecule has 0 aromatic carbocycles. The lowest BCUT2D eigenvalue weighted by Crippen LogP contribution is -2.12. The number of nitrogens with one attached hydrogen (secondary N) is 1. The summed E-state index contributed by atoms with van der Waals surface area (Å²) in [5.41, 5.74) is -0.0129. The predicted molar refractivity (Wildman–Crippen MR) is 65.1 cm³/mol. The predicted octanol–water partition coefficient (Wildman–Crippen LogP) is 2.22. The van der Waals surface area contributed by atoms with Crippen LogP contribution in [0.2, 0.25) is 0 Å². The molecule has 0 aliphatic rings. The van der Waals surface area contributed by atoms with Crippen LogP contribution in [0.5, 0.6) is 0 Å². The van der Waals surface area contributed by atoms with Crippen LogP contribution in [0.1, 0.15) is 19.8 Å². The Bertz CT molecular complexity index is 358. The van der Waals surface area contributed by atoms with Gasteiger partial charge in [0.25, 0.3) is 0 Å². The van der Waals surface area contributed by atoms with E-state index in [2.05, 4.69) is 17.2 Å².